The second kappa shape index (κ2) is 7.88. The highest BCUT2D eigenvalue weighted by Crippen LogP contribution is 2.29. The number of halogens is 1. The molecule has 3 nitrogen and oxygen atoms in total. The first-order chi connectivity index (χ1) is 8.90. The number of ether oxygens (including phenoxy) is 2. The smallest absolute Gasteiger partial charge is 0.125 e. The highest BCUT2D eigenvalue weighted by atomic mass is 79.9. The molecule has 0 radical (unpaired) electrons. The lowest BCUT2D eigenvalue weighted by Gasteiger charge is -2.17. The Labute approximate surface area is 124 Å². The predicted octanol–water partition coefficient (Wildman–Crippen LogP) is 3.45. The van der Waals surface area contributed by atoms with Gasteiger partial charge in [0.25, 0.3) is 0 Å². The molecule has 1 rings (SSSR count). The Morgan fingerprint density at radius 2 is 1.89 bits per heavy atom. The van der Waals surface area contributed by atoms with E-state index in [0.29, 0.717) is 13.2 Å². The third kappa shape index (κ3) is 5.93. The summed E-state index contributed by atoms with van der Waals surface area (Å²) >= 11 is 3.52. The molecule has 0 aliphatic rings. The molecule has 0 heterocycles. The standard InChI is InChI=1S/C15H24BrNO2/c1-10(2)18-5-6-19-15-11(3)7-14(16)9-13(15)8-12(4)17/h7,9-10,12H,5-6,8,17H2,1-4H3. The lowest BCUT2D eigenvalue weighted by Crippen LogP contribution is -2.19. The van der Waals surface area contributed by atoms with Crippen molar-refractivity contribution in [1.82, 2.24) is 0 Å². The maximum absolute atomic E-state index is 5.89. The Bertz CT molecular complexity index is 405. The Morgan fingerprint density at radius 1 is 1.21 bits per heavy atom. The van der Waals surface area contributed by atoms with Crippen molar-refractivity contribution in [2.75, 3.05) is 13.2 Å². The molecule has 1 aromatic rings. The molecular formula is C15H24BrNO2. The number of benzene rings is 1. The van der Waals surface area contributed by atoms with Gasteiger partial charge in [-0.3, -0.25) is 0 Å². The van der Waals surface area contributed by atoms with Crippen molar-refractivity contribution in [2.45, 2.75) is 46.3 Å². The van der Waals surface area contributed by atoms with Gasteiger partial charge in [-0.2, -0.15) is 0 Å². The van der Waals surface area contributed by atoms with E-state index in [0.717, 1.165) is 27.8 Å². The Morgan fingerprint density at radius 3 is 2.47 bits per heavy atom. The topological polar surface area (TPSA) is 44.5 Å². The Hall–Kier alpha value is -0.580. The summed E-state index contributed by atoms with van der Waals surface area (Å²) in [6.07, 6.45) is 1.04. The van der Waals surface area contributed by atoms with Gasteiger partial charge in [-0.1, -0.05) is 15.9 Å². The fraction of sp³-hybridized carbons (Fsp3) is 0.600. The number of aryl methyl sites for hydroxylation is 1. The molecule has 1 atom stereocenters. The van der Waals surface area contributed by atoms with E-state index in [1.54, 1.807) is 0 Å². The van der Waals surface area contributed by atoms with Gasteiger partial charge in [0.1, 0.15) is 12.4 Å². The second-order valence-corrected chi connectivity index (χ2v) is 6.08. The maximum atomic E-state index is 5.89. The van der Waals surface area contributed by atoms with Crippen molar-refractivity contribution in [3.63, 3.8) is 0 Å². The minimum Gasteiger partial charge on any atom is -0.491 e. The van der Waals surface area contributed by atoms with E-state index in [-0.39, 0.29) is 12.1 Å². The summed E-state index contributed by atoms with van der Waals surface area (Å²) < 4.78 is 12.4. The highest BCUT2D eigenvalue weighted by Gasteiger charge is 2.11. The third-order valence-electron chi connectivity index (χ3n) is 2.64. The summed E-state index contributed by atoms with van der Waals surface area (Å²) in [6.45, 7) is 9.26. The van der Waals surface area contributed by atoms with Crippen LogP contribution in [-0.4, -0.2) is 25.4 Å². The maximum Gasteiger partial charge on any atom is 0.125 e. The fourth-order valence-electron chi connectivity index (χ4n) is 1.93. The molecule has 2 N–H and O–H groups in total. The summed E-state index contributed by atoms with van der Waals surface area (Å²) in [5, 5.41) is 0. The van der Waals surface area contributed by atoms with Gasteiger partial charge in [0.15, 0.2) is 0 Å². The van der Waals surface area contributed by atoms with Crippen molar-refractivity contribution < 1.29 is 9.47 Å². The molecule has 0 saturated carbocycles. The molecule has 0 aliphatic heterocycles. The van der Waals surface area contributed by atoms with Gasteiger partial charge in [-0.25, -0.2) is 0 Å². The van der Waals surface area contributed by atoms with Gasteiger partial charge >= 0.3 is 0 Å². The largest absolute Gasteiger partial charge is 0.491 e. The third-order valence-corrected chi connectivity index (χ3v) is 3.10. The van der Waals surface area contributed by atoms with E-state index in [1.807, 2.05) is 27.7 Å². The van der Waals surface area contributed by atoms with Crippen LogP contribution in [0.3, 0.4) is 0 Å². The van der Waals surface area contributed by atoms with Crippen molar-refractivity contribution in [3.8, 4) is 5.75 Å². The van der Waals surface area contributed by atoms with Gasteiger partial charge < -0.3 is 15.2 Å². The molecule has 0 amide bonds. The quantitative estimate of drug-likeness (QED) is 0.779. The molecule has 0 fully saturated rings. The normalized spacial score (nSPS) is 12.8. The Kier molecular flexibility index (Phi) is 6.83. The van der Waals surface area contributed by atoms with E-state index in [4.69, 9.17) is 15.2 Å². The predicted molar refractivity (Wildman–Crippen MR) is 82.8 cm³/mol. The average molecular weight is 330 g/mol. The number of hydrogen-bond donors (Lipinski definition) is 1. The average Bonchev–Trinajstić information content (AvgIpc) is 2.25. The van der Waals surface area contributed by atoms with Crippen molar-refractivity contribution >= 4 is 15.9 Å². The molecule has 108 valence electrons. The van der Waals surface area contributed by atoms with Crippen LogP contribution in [0.5, 0.6) is 5.75 Å². The molecule has 19 heavy (non-hydrogen) atoms. The summed E-state index contributed by atoms with van der Waals surface area (Å²) in [7, 11) is 0. The molecule has 0 aliphatic carbocycles. The van der Waals surface area contributed by atoms with Crippen LogP contribution >= 0.6 is 15.9 Å². The number of rotatable bonds is 7. The van der Waals surface area contributed by atoms with E-state index < -0.39 is 0 Å². The van der Waals surface area contributed by atoms with Crippen LogP contribution in [0.2, 0.25) is 0 Å². The van der Waals surface area contributed by atoms with Crippen LogP contribution in [0.25, 0.3) is 0 Å². The first-order valence-electron chi connectivity index (χ1n) is 6.69. The second-order valence-electron chi connectivity index (χ2n) is 5.16. The van der Waals surface area contributed by atoms with Crippen LogP contribution in [0.4, 0.5) is 0 Å². The molecule has 0 spiro atoms. The molecule has 1 aromatic carbocycles. The molecule has 0 bridgehead atoms. The zero-order valence-corrected chi connectivity index (χ0v) is 13.8. The summed E-state index contributed by atoms with van der Waals surface area (Å²) in [5.41, 5.74) is 8.16. The van der Waals surface area contributed by atoms with Crippen molar-refractivity contribution in [2.24, 2.45) is 5.73 Å². The highest BCUT2D eigenvalue weighted by molar-refractivity contribution is 9.10. The van der Waals surface area contributed by atoms with Crippen LogP contribution in [-0.2, 0) is 11.2 Å². The lowest BCUT2D eigenvalue weighted by molar-refractivity contribution is 0.0549. The van der Waals surface area contributed by atoms with E-state index in [9.17, 15) is 0 Å². The van der Waals surface area contributed by atoms with Gasteiger partial charge in [0.05, 0.1) is 12.7 Å². The van der Waals surface area contributed by atoms with Crippen molar-refractivity contribution in [3.05, 3.63) is 27.7 Å². The van der Waals surface area contributed by atoms with Gasteiger partial charge in [0, 0.05) is 10.5 Å². The van der Waals surface area contributed by atoms with Gasteiger partial charge in [-0.15, -0.1) is 0 Å². The Balaban J connectivity index is 2.74. The lowest BCUT2D eigenvalue weighted by atomic mass is 10.0. The molecular weight excluding hydrogens is 306 g/mol. The fourth-order valence-corrected chi connectivity index (χ4v) is 2.55. The minimum atomic E-state index is 0.114. The van der Waals surface area contributed by atoms with Gasteiger partial charge in [0.2, 0.25) is 0 Å². The summed E-state index contributed by atoms with van der Waals surface area (Å²) in [5.74, 6) is 0.938. The first-order valence-corrected chi connectivity index (χ1v) is 7.48. The zero-order chi connectivity index (χ0) is 14.4. The van der Waals surface area contributed by atoms with E-state index in [2.05, 4.69) is 28.1 Å². The van der Waals surface area contributed by atoms with Crippen molar-refractivity contribution in [1.29, 1.82) is 0 Å². The molecule has 0 aromatic heterocycles. The van der Waals surface area contributed by atoms with Gasteiger partial charge in [-0.05, 0) is 57.4 Å². The van der Waals surface area contributed by atoms with Crippen LogP contribution in [0.15, 0.2) is 16.6 Å². The van der Waals surface area contributed by atoms with E-state index in [1.165, 1.54) is 0 Å². The summed E-state index contributed by atoms with van der Waals surface area (Å²) in [6, 6.07) is 4.25. The molecule has 0 saturated heterocycles. The monoisotopic (exact) mass is 329 g/mol. The van der Waals surface area contributed by atoms with Crippen LogP contribution in [0.1, 0.15) is 31.9 Å². The summed E-state index contributed by atoms with van der Waals surface area (Å²) in [4.78, 5) is 0. The number of nitrogens with two attached hydrogens (primary N) is 1. The van der Waals surface area contributed by atoms with Crippen LogP contribution < -0.4 is 10.5 Å². The molecule has 4 heteroatoms. The molecule has 1 unspecified atom stereocenters. The van der Waals surface area contributed by atoms with Crippen LogP contribution in [0, 0.1) is 6.92 Å². The number of hydrogen-bond acceptors (Lipinski definition) is 3. The first kappa shape index (κ1) is 16.5. The minimum absolute atomic E-state index is 0.114. The SMILES string of the molecule is Cc1cc(Br)cc(CC(C)N)c1OCCOC(C)C. The van der Waals surface area contributed by atoms with E-state index >= 15 is 0 Å². The zero-order valence-electron chi connectivity index (χ0n) is 12.2.